The lowest BCUT2D eigenvalue weighted by Gasteiger charge is -2.06. The van der Waals surface area contributed by atoms with Gasteiger partial charge in [0.15, 0.2) is 0 Å². The van der Waals surface area contributed by atoms with Crippen LogP contribution in [0.15, 0.2) is 42.7 Å². The predicted molar refractivity (Wildman–Crippen MR) is 58.1 cm³/mol. The summed E-state index contributed by atoms with van der Waals surface area (Å²) in [5.74, 6) is 0.813. The maximum atomic E-state index is 5.43. The van der Waals surface area contributed by atoms with Crippen molar-refractivity contribution in [2.45, 2.75) is 0 Å². The van der Waals surface area contributed by atoms with Crippen molar-refractivity contribution in [3.8, 4) is 11.4 Å². The summed E-state index contributed by atoms with van der Waals surface area (Å²) < 4.78 is 7.21. The van der Waals surface area contributed by atoms with Crippen molar-refractivity contribution < 1.29 is 4.74 Å². The molecular weight excluding hydrogens is 190 g/mol. The van der Waals surface area contributed by atoms with Crippen molar-refractivity contribution in [2.24, 2.45) is 5.73 Å². The maximum absolute atomic E-state index is 5.43. The molecule has 0 unspecified atom stereocenters. The van der Waals surface area contributed by atoms with Gasteiger partial charge in [0.05, 0.1) is 5.69 Å². The van der Waals surface area contributed by atoms with Crippen molar-refractivity contribution >= 4 is 0 Å². The standard InChI is InChI=1S/C11H13N3O/c12-5-8-15-11-4-1-3-10(9-11)14-7-2-6-13-14/h1-4,6-7,9H,5,8,12H2. The highest BCUT2D eigenvalue weighted by molar-refractivity contribution is 5.38. The van der Waals surface area contributed by atoms with Gasteiger partial charge in [-0.25, -0.2) is 4.68 Å². The van der Waals surface area contributed by atoms with Gasteiger partial charge < -0.3 is 10.5 Å². The maximum Gasteiger partial charge on any atom is 0.121 e. The third-order valence-corrected chi connectivity index (χ3v) is 1.97. The topological polar surface area (TPSA) is 53.1 Å². The fourth-order valence-electron chi connectivity index (χ4n) is 1.31. The Hall–Kier alpha value is -1.81. The van der Waals surface area contributed by atoms with Gasteiger partial charge in [0.2, 0.25) is 0 Å². The minimum atomic E-state index is 0.520. The van der Waals surface area contributed by atoms with E-state index in [1.807, 2.05) is 36.5 Å². The predicted octanol–water partition coefficient (Wildman–Crippen LogP) is 1.21. The number of hydrogen-bond acceptors (Lipinski definition) is 3. The van der Waals surface area contributed by atoms with Gasteiger partial charge in [0.1, 0.15) is 12.4 Å². The Labute approximate surface area is 88.3 Å². The Balaban J connectivity index is 2.19. The fraction of sp³-hybridized carbons (Fsp3) is 0.182. The number of nitrogens with two attached hydrogens (primary N) is 1. The average Bonchev–Trinajstić information content (AvgIpc) is 2.80. The van der Waals surface area contributed by atoms with Crippen molar-refractivity contribution in [3.63, 3.8) is 0 Å². The molecule has 0 saturated heterocycles. The fourth-order valence-corrected chi connectivity index (χ4v) is 1.31. The first-order valence-corrected chi connectivity index (χ1v) is 4.83. The molecule has 0 radical (unpaired) electrons. The summed E-state index contributed by atoms with van der Waals surface area (Å²) in [6.07, 6.45) is 3.63. The van der Waals surface area contributed by atoms with E-state index in [1.54, 1.807) is 10.9 Å². The Morgan fingerprint density at radius 3 is 3.00 bits per heavy atom. The summed E-state index contributed by atoms with van der Waals surface area (Å²) in [5, 5.41) is 4.14. The van der Waals surface area contributed by atoms with Crippen LogP contribution in [0.3, 0.4) is 0 Å². The zero-order valence-electron chi connectivity index (χ0n) is 8.34. The molecule has 0 atom stereocenters. The molecule has 15 heavy (non-hydrogen) atoms. The Morgan fingerprint density at radius 2 is 2.27 bits per heavy atom. The second kappa shape index (κ2) is 4.61. The molecule has 0 bridgehead atoms. The van der Waals surface area contributed by atoms with Crippen molar-refractivity contribution in [1.29, 1.82) is 0 Å². The van der Waals surface area contributed by atoms with Crippen LogP contribution in [0, 0.1) is 0 Å². The zero-order valence-corrected chi connectivity index (χ0v) is 8.34. The first kappa shape index (κ1) is 9.73. The largest absolute Gasteiger partial charge is 0.492 e. The highest BCUT2D eigenvalue weighted by Gasteiger charge is 1.98. The van der Waals surface area contributed by atoms with Crippen LogP contribution in [0.5, 0.6) is 5.75 Å². The first-order chi connectivity index (χ1) is 7.40. The van der Waals surface area contributed by atoms with Crippen LogP contribution < -0.4 is 10.5 Å². The summed E-state index contributed by atoms with van der Waals surface area (Å²) in [4.78, 5) is 0. The smallest absolute Gasteiger partial charge is 0.121 e. The van der Waals surface area contributed by atoms with Crippen LogP contribution in [0.25, 0.3) is 5.69 Å². The number of rotatable bonds is 4. The molecule has 0 saturated carbocycles. The lowest BCUT2D eigenvalue weighted by molar-refractivity contribution is 0.328. The molecule has 2 rings (SSSR count). The van der Waals surface area contributed by atoms with Gasteiger partial charge in [-0.2, -0.15) is 5.10 Å². The summed E-state index contributed by atoms with van der Waals surface area (Å²) in [7, 11) is 0. The molecule has 1 heterocycles. The number of aromatic nitrogens is 2. The van der Waals surface area contributed by atoms with Gasteiger partial charge in [-0.15, -0.1) is 0 Å². The number of nitrogens with zero attached hydrogens (tertiary/aromatic N) is 2. The molecule has 78 valence electrons. The molecule has 0 aliphatic carbocycles. The van der Waals surface area contributed by atoms with Crippen molar-refractivity contribution in [1.82, 2.24) is 9.78 Å². The molecular formula is C11H13N3O. The normalized spacial score (nSPS) is 10.2. The Morgan fingerprint density at radius 1 is 1.33 bits per heavy atom. The lowest BCUT2D eigenvalue weighted by Crippen LogP contribution is -2.10. The van der Waals surface area contributed by atoms with Gasteiger partial charge in [-0.05, 0) is 18.2 Å². The molecule has 0 fully saturated rings. The van der Waals surface area contributed by atoms with E-state index in [9.17, 15) is 0 Å². The van der Waals surface area contributed by atoms with Crippen LogP contribution in [0.4, 0.5) is 0 Å². The lowest BCUT2D eigenvalue weighted by atomic mass is 10.3. The molecule has 0 spiro atoms. The van der Waals surface area contributed by atoms with Crippen LogP contribution >= 0.6 is 0 Å². The third-order valence-electron chi connectivity index (χ3n) is 1.97. The van der Waals surface area contributed by atoms with Gasteiger partial charge in [-0.3, -0.25) is 0 Å². The zero-order chi connectivity index (χ0) is 10.5. The molecule has 4 heteroatoms. The van der Waals surface area contributed by atoms with Crippen LogP contribution in [-0.2, 0) is 0 Å². The molecule has 1 aromatic carbocycles. The Kier molecular flexibility index (Phi) is 2.99. The van der Waals surface area contributed by atoms with Crippen molar-refractivity contribution in [3.05, 3.63) is 42.7 Å². The quantitative estimate of drug-likeness (QED) is 0.812. The molecule has 2 aromatic rings. The monoisotopic (exact) mass is 203 g/mol. The van der Waals surface area contributed by atoms with E-state index in [0.717, 1.165) is 11.4 Å². The van der Waals surface area contributed by atoms with Crippen LogP contribution in [0.2, 0.25) is 0 Å². The van der Waals surface area contributed by atoms with E-state index >= 15 is 0 Å². The minimum Gasteiger partial charge on any atom is -0.492 e. The van der Waals surface area contributed by atoms with Crippen molar-refractivity contribution in [2.75, 3.05) is 13.2 Å². The molecule has 2 N–H and O–H groups in total. The highest BCUT2D eigenvalue weighted by atomic mass is 16.5. The average molecular weight is 203 g/mol. The minimum absolute atomic E-state index is 0.520. The molecule has 1 aromatic heterocycles. The van der Waals surface area contributed by atoms with E-state index in [-0.39, 0.29) is 0 Å². The number of hydrogen-bond donors (Lipinski definition) is 1. The third kappa shape index (κ3) is 2.35. The van der Waals surface area contributed by atoms with E-state index < -0.39 is 0 Å². The molecule has 0 aliphatic heterocycles. The van der Waals surface area contributed by atoms with Gasteiger partial charge in [0, 0.05) is 25.0 Å². The van der Waals surface area contributed by atoms with E-state index in [1.165, 1.54) is 0 Å². The second-order valence-electron chi connectivity index (χ2n) is 3.09. The second-order valence-corrected chi connectivity index (χ2v) is 3.09. The van der Waals surface area contributed by atoms with Crippen LogP contribution in [0.1, 0.15) is 0 Å². The number of ether oxygens (including phenoxy) is 1. The first-order valence-electron chi connectivity index (χ1n) is 4.83. The van der Waals surface area contributed by atoms with E-state index in [0.29, 0.717) is 13.2 Å². The van der Waals surface area contributed by atoms with E-state index in [2.05, 4.69) is 5.10 Å². The Bertz CT molecular complexity index is 412. The summed E-state index contributed by atoms with van der Waals surface area (Å²) in [6.45, 7) is 1.05. The molecule has 0 amide bonds. The van der Waals surface area contributed by atoms with E-state index in [4.69, 9.17) is 10.5 Å². The van der Waals surface area contributed by atoms with Gasteiger partial charge in [-0.1, -0.05) is 6.07 Å². The summed E-state index contributed by atoms with van der Waals surface area (Å²) in [6, 6.07) is 9.63. The molecule has 0 aliphatic rings. The molecule has 4 nitrogen and oxygen atoms in total. The van der Waals surface area contributed by atoms with Gasteiger partial charge >= 0.3 is 0 Å². The number of benzene rings is 1. The SMILES string of the molecule is NCCOc1cccc(-n2cccn2)c1. The highest BCUT2D eigenvalue weighted by Crippen LogP contribution is 2.15. The summed E-state index contributed by atoms with van der Waals surface area (Å²) >= 11 is 0. The van der Waals surface area contributed by atoms with Gasteiger partial charge in [0.25, 0.3) is 0 Å². The summed E-state index contributed by atoms with van der Waals surface area (Å²) in [5.41, 5.74) is 6.35. The van der Waals surface area contributed by atoms with Crippen LogP contribution in [-0.4, -0.2) is 22.9 Å².